The van der Waals surface area contributed by atoms with Gasteiger partial charge >= 0.3 is 5.97 Å². The van der Waals surface area contributed by atoms with Crippen LogP contribution in [0, 0.1) is 17.8 Å². The van der Waals surface area contributed by atoms with Gasteiger partial charge in [-0.3, -0.25) is 4.79 Å². The SMILES string of the molecule is CCCC(CCC)C(=O)O[C@H]1O[C@H](CC)[C@@H](C)[C@H](OCc2ccccc2)[C@H]1OCc1ccccc1.CC[C@H]1O[C@H](Br)[C@H](OCc2ccccc2)[C@@H](OCc2ccccc2)[C@@H]1C. The molecule has 0 saturated carbocycles. The number of carbonyl (C=O) groups excluding carboxylic acids is 1. The van der Waals surface area contributed by atoms with E-state index in [9.17, 15) is 4.79 Å². The molecule has 10 atom stereocenters. The van der Waals surface area contributed by atoms with Crippen molar-refractivity contribution < 1.29 is 38.0 Å². The van der Waals surface area contributed by atoms with Crippen LogP contribution in [0.2, 0.25) is 0 Å². The summed E-state index contributed by atoms with van der Waals surface area (Å²) in [7, 11) is 0. The lowest BCUT2D eigenvalue weighted by Gasteiger charge is -2.45. The van der Waals surface area contributed by atoms with E-state index in [-0.39, 0.29) is 59.3 Å². The lowest BCUT2D eigenvalue weighted by molar-refractivity contribution is -0.296. The van der Waals surface area contributed by atoms with E-state index in [1.165, 1.54) is 5.56 Å². The van der Waals surface area contributed by atoms with E-state index in [0.29, 0.717) is 26.4 Å². The Hall–Kier alpha value is -3.41. The molecule has 0 radical (unpaired) electrons. The summed E-state index contributed by atoms with van der Waals surface area (Å²) in [5.41, 5.74) is 4.48. The monoisotopic (exact) mass is 900 g/mol. The van der Waals surface area contributed by atoms with E-state index in [1.54, 1.807) is 0 Å². The smallest absolute Gasteiger partial charge is 0.311 e. The first-order valence-electron chi connectivity index (χ1n) is 22.5. The number of alkyl halides is 1. The van der Waals surface area contributed by atoms with Crippen LogP contribution in [0.1, 0.15) is 102 Å². The van der Waals surface area contributed by atoms with Crippen molar-refractivity contribution in [3.8, 4) is 0 Å². The summed E-state index contributed by atoms with van der Waals surface area (Å²) in [5, 5.41) is -0.173. The second-order valence-corrected chi connectivity index (χ2v) is 17.3. The number of carbonyl (C=O) groups is 1. The molecule has 0 bridgehead atoms. The van der Waals surface area contributed by atoms with Crippen LogP contribution in [0.5, 0.6) is 0 Å². The molecule has 0 amide bonds. The Morgan fingerprint density at radius 1 is 0.525 bits per heavy atom. The topological polar surface area (TPSA) is 81.7 Å². The fourth-order valence-electron chi connectivity index (χ4n) is 8.29. The molecule has 332 valence electrons. The van der Waals surface area contributed by atoms with Crippen molar-refractivity contribution in [1.82, 2.24) is 0 Å². The van der Waals surface area contributed by atoms with Crippen molar-refractivity contribution in [2.75, 3.05) is 0 Å². The Bertz CT molecular complexity index is 1760. The average Bonchev–Trinajstić information content (AvgIpc) is 3.29. The van der Waals surface area contributed by atoms with Gasteiger partial charge in [0.25, 0.3) is 0 Å². The van der Waals surface area contributed by atoms with Crippen LogP contribution < -0.4 is 0 Å². The van der Waals surface area contributed by atoms with Crippen molar-refractivity contribution in [1.29, 1.82) is 0 Å². The summed E-state index contributed by atoms with van der Waals surface area (Å²) in [6, 6.07) is 40.7. The van der Waals surface area contributed by atoms with Crippen LogP contribution in [0.25, 0.3) is 0 Å². The molecular formula is C52H69BrO8. The molecule has 8 nitrogen and oxygen atoms in total. The van der Waals surface area contributed by atoms with Crippen LogP contribution in [-0.2, 0) is 64.4 Å². The van der Waals surface area contributed by atoms with Gasteiger partial charge in [-0.1, -0.05) is 192 Å². The standard InChI is InChI=1S/C30H42O5.C22H27BrO3/c1-5-14-25(15-6-2)29(31)35-30-28(33-21-24-18-12-9-13-19-24)27(22(4)26(7-3)34-30)32-20-23-16-10-8-11-17-23;1-3-19-16(2)20(24-14-17-10-6-4-7-11-17)21(22(23)26-19)25-15-18-12-8-5-9-13-18/h8-13,16-19,22,25-28,30H,5-7,14-15,20-21H2,1-4H3;4-13,16,19-22H,3,14-15H2,1-2H3/t22-,26-,27+,28-,30-;16-,19-,20+,21-,22+/m11/s1. The number of ether oxygens (including phenoxy) is 7. The quantitative estimate of drug-likeness (QED) is 0.0641. The fraction of sp³-hybridized carbons (Fsp3) is 0.519. The third-order valence-corrected chi connectivity index (χ3v) is 12.5. The van der Waals surface area contributed by atoms with Crippen molar-refractivity contribution in [3.63, 3.8) is 0 Å². The van der Waals surface area contributed by atoms with E-state index in [0.717, 1.165) is 55.2 Å². The maximum Gasteiger partial charge on any atom is 0.311 e. The molecule has 6 rings (SSSR count). The summed E-state index contributed by atoms with van der Waals surface area (Å²) in [6.07, 6.45) is 3.58. The molecule has 4 aromatic rings. The Balaban J connectivity index is 0.000000241. The highest BCUT2D eigenvalue weighted by Gasteiger charge is 2.47. The second kappa shape index (κ2) is 26.3. The van der Waals surface area contributed by atoms with Gasteiger partial charge in [-0.05, 0) is 47.9 Å². The third kappa shape index (κ3) is 14.8. The molecule has 0 unspecified atom stereocenters. The molecule has 0 spiro atoms. The van der Waals surface area contributed by atoms with E-state index in [4.69, 9.17) is 33.2 Å². The summed E-state index contributed by atoms with van der Waals surface area (Å²) in [4.78, 5) is 13.2. The van der Waals surface area contributed by atoms with Gasteiger partial charge in [-0.2, -0.15) is 0 Å². The van der Waals surface area contributed by atoms with Crippen LogP contribution in [0.15, 0.2) is 121 Å². The van der Waals surface area contributed by atoms with Gasteiger partial charge in [0.05, 0.1) is 56.8 Å². The molecule has 2 aliphatic rings. The number of hydrogen-bond donors (Lipinski definition) is 0. The number of benzene rings is 4. The van der Waals surface area contributed by atoms with Crippen LogP contribution >= 0.6 is 15.9 Å². The third-order valence-electron chi connectivity index (χ3n) is 11.8. The van der Waals surface area contributed by atoms with Gasteiger partial charge < -0.3 is 33.2 Å². The van der Waals surface area contributed by atoms with Crippen molar-refractivity contribution >= 4 is 21.9 Å². The molecule has 2 aliphatic heterocycles. The van der Waals surface area contributed by atoms with Gasteiger partial charge in [0.2, 0.25) is 6.29 Å². The summed E-state index contributed by atoms with van der Waals surface area (Å²) >= 11 is 3.68. The molecule has 9 heteroatoms. The fourth-order valence-corrected chi connectivity index (χ4v) is 9.02. The highest BCUT2D eigenvalue weighted by Crippen LogP contribution is 2.36. The normalized spacial score (nSPS) is 26.3. The van der Waals surface area contributed by atoms with Gasteiger partial charge in [0.1, 0.15) is 17.2 Å². The highest BCUT2D eigenvalue weighted by atomic mass is 79.9. The average molecular weight is 902 g/mol. The maximum absolute atomic E-state index is 13.2. The molecule has 4 aromatic carbocycles. The van der Waals surface area contributed by atoms with E-state index < -0.39 is 12.4 Å². The minimum absolute atomic E-state index is 0.0259. The Morgan fingerprint density at radius 3 is 1.25 bits per heavy atom. The zero-order valence-corrected chi connectivity index (χ0v) is 38.7. The Morgan fingerprint density at radius 2 is 0.869 bits per heavy atom. The van der Waals surface area contributed by atoms with Crippen LogP contribution in [0.4, 0.5) is 0 Å². The minimum atomic E-state index is -0.802. The maximum atomic E-state index is 13.2. The predicted molar refractivity (Wildman–Crippen MR) is 245 cm³/mol. The summed E-state index contributed by atoms with van der Waals surface area (Å²) in [6.45, 7) is 14.8. The molecule has 61 heavy (non-hydrogen) atoms. The van der Waals surface area contributed by atoms with Gasteiger partial charge in [-0.15, -0.1) is 0 Å². The molecule has 2 heterocycles. The van der Waals surface area contributed by atoms with Gasteiger partial charge in [-0.25, -0.2) is 0 Å². The van der Waals surface area contributed by atoms with Crippen molar-refractivity contribution in [2.24, 2.45) is 17.8 Å². The zero-order chi connectivity index (χ0) is 43.4. The molecule has 2 saturated heterocycles. The van der Waals surface area contributed by atoms with Gasteiger partial charge in [0.15, 0.2) is 0 Å². The number of rotatable bonds is 20. The number of hydrogen-bond acceptors (Lipinski definition) is 8. The van der Waals surface area contributed by atoms with Crippen LogP contribution in [-0.4, -0.2) is 53.9 Å². The number of esters is 1. The molecule has 0 aromatic heterocycles. The molecule has 0 aliphatic carbocycles. The largest absolute Gasteiger partial charge is 0.432 e. The van der Waals surface area contributed by atoms with Gasteiger partial charge in [0, 0.05) is 11.8 Å². The van der Waals surface area contributed by atoms with E-state index >= 15 is 0 Å². The Labute approximate surface area is 374 Å². The lowest BCUT2D eigenvalue weighted by Crippen LogP contribution is -2.57. The first-order chi connectivity index (χ1) is 29.8. The number of halogens is 1. The second-order valence-electron chi connectivity index (χ2n) is 16.4. The van der Waals surface area contributed by atoms with Crippen molar-refractivity contribution in [3.05, 3.63) is 144 Å². The minimum Gasteiger partial charge on any atom is -0.432 e. The highest BCUT2D eigenvalue weighted by molar-refractivity contribution is 9.09. The molecule has 2 fully saturated rings. The predicted octanol–water partition coefficient (Wildman–Crippen LogP) is 12.0. The van der Waals surface area contributed by atoms with E-state index in [2.05, 4.69) is 93.9 Å². The molecular weight excluding hydrogens is 832 g/mol. The van der Waals surface area contributed by atoms with E-state index in [1.807, 2.05) is 84.9 Å². The zero-order valence-electron chi connectivity index (χ0n) is 37.1. The Kier molecular flexibility index (Phi) is 20.9. The summed E-state index contributed by atoms with van der Waals surface area (Å²) < 4.78 is 44.1. The van der Waals surface area contributed by atoms with Crippen LogP contribution in [0.3, 0.4) is 0 Å². The summed E-state index contributed by atoms with van der Waals surface area (Å²) in [5.74, 6) is 0.0320. The first kappa shape index (κ1) is 48.6. The molecule has 0 N–H and O–H groups in total. The van der Waals surface area contributed by atoms with Crippen molar-refractivity contribution in [2.45, 2.75) is 154 Å². The lowest BCUT2D eigenvalue weighted by atomic mass is 9.88. The first-order valence-corrected chi connectivity index (χ1v) is 23.4.